The first-order chi connectivity index (χ1) is 8.13. The number of hydrogen-bond acceptors (Lipinski definition) is 3. The van der Waals surface area contributed by atoms with E-state index in [2.05, 4.69) is 28.9 Å². The number of rotatable bonds is 4. The lowest BCUT2D eigenvalue weighted by atomic mass is 10.1. The molecule has 0 aliphatic carbocycles. The summed E-state index contributed by atoms with van der Waals surface area (Å²) in [6.07, 6.45) is 3.09. The fourth-order valence-electron chi connectivity index (χ4n) is 2.53. The molecule has 0 spiro atoms. The standard InChI is InChI=1S/C13H20ClN3/c1-16-6-4-12(9-16)10-17(2)8-11-3-5-15-13(14)7-11/h3,5,7,12H,4,6,8-10H2,1-2H3. The molecule has 2 heterocycles. The van der Waals surface area contributed by atoms with Crippen LogP contribution in [0.4, 0.5) is 0 Å². The van der Waals surface area contributed by atoms with Crippen molar-refractivity contribution in [2.24, 2.45) is 5.92 Å². The van der Waals surface area contributed by atoms with Crippen LogP contribution in [-0.4, -0.2) is 48.5 Å². The predicted molar refractivity (Wildman–Crippen MR) is 71.2 cm³/mol. The molecule has 0 aromatic carbocycles. The summed E-state index contributed by atoms with van der Waals surface area (Å²) in [6, 6.07) is 3.97. The van der Waals surface area contributed by atoms with Gasteiger partial charge < -0.3 is 9.80 Å². The minimum Gasteiger partial charge on any atom is -0.306 e. The normalized spacial score (nSPS) is 21.3. The number of halogens is 1. The molecule has 1 atom stereocenters. The van der Waals surface area contributed by atoms with E-state index in [9.17, 15) is 0 Å². The van der Waals surface area contributed by atoms with E-state index in [1.54, 1.807) is 6.20 Å². The molecule has 1 saturated heterocycles. The first kappa shape index (κ1) is 12.8. The van der Waals surface area contributed by atoms with Gasteiger partial charge in [0.25, 0.3) is 0 Å². The number of pyridine rings is 1. The van der Waals surface area contributed by atoms with Gasteiger partial charge in [0, 0.05) is 25.8 Å². The molecule has 2 rings (SSSR count). The Morgan fingerprint density at radius 2 is 2.41 bits per heavy atom. The Kier molecular flexibility index (Phi) is 4.37. The van der Waals surface area contributed by atoms with Crippen molar-refractivity contribution < 1.29 is 0 Å². The zero-order valence-corrected chi connectivity index (χ0v) is 11.3. The topological polar surface area (TPSA) is 19.4 Å². The molecule has 0 radical (unpaired) electrons. The first-order valence-electron chi connectivity index (χ1n) is 6.11. The van der Waals surface area contributed by atoms with Crippen LogP contribution in [0.5, 0.6) is 0 Å². The molecule has 1 aromatic heterocycles. The minimum absolute atomic E-state index is 0.580. The van der Waals surface area contributed by atoms with E-state index in [0.29, 0.717) is 5.15 Å². The maximum Gasteiger partial charge on any atom is 0.129 e. The van der Waals surface area contributed by atoms with Crippen molar-refractivity contribution in [3.63, 3.8) is 0 Å². The molecule has 4 heteroatoms. The van der Waals surface area contributed by atoms with Crippen LogP contribution in [0, 0.1) is 5.92 Å². The molecule has 17 heavy (non-hydrogen) atoms. The highest BCUT2D eigenvalue weighted by atomic mass is 35.5. The molecule has 0 bridgehead atoms. The van der Waals surface area contributed by atoms with Crippen LogP contribution in [0.3, 0.4) is 0 Å². The maximum atomic E-state index is 5.88. The van der Waals surface area contributed by atoms with Crippen molar-refractivity contribution in [2.45, 2.75) is 13.0 Å². The van der Waals surface area contributed by atoms with Gasteiger partial charge in [-0.25, -0.2) is 4.98 Å². The van der Waals surface area contributed by atoms with Gasteiger partial charge in [0.1, 0.15) is 5.15 Å². The van der Waals surface area contributed by atoms with Crippen molar-refractivity contribution in [2.75, 3.05) is 33.7 Å². The Labute approximate surface area is 108 Å². The van der Waals surface area contributed by atoms with Gasteiger partial charge in [-0.15, -0.1) is 0 Å². The van der Waals surface area contributed by atoms with Crippen LogP contribution in [0.15, 0.2) is 18.3 Å². The van der Waals surface area contributed by atoms with E-state index in [1.165, 1.54) is 25.1 Å². The lowest BCUT2D eigenvalue weighted by Gasteiger charge is -2.20. The van der Waals surface area contributed by atoms with Crippen LogP contribution in [-0.2, 0) is 6.54 Å². The average molecular weight is 254 g/mol. The largest absolute Gasteiger partial charge is 0.306 e. The fraction of sp³-hybridized carbons (Fsp3) is 0.615. The summed E-state index contributed by atoms with van der Waals surface area (Å²) in [5.74, 6) is 0.808. The van der Waals surface area contributed by atoms with Gasteiger partial charge in [0.2, 0.25) is 0 Å². The third-order valence-corrected chi connectivity index (χ3v) is 3.51. The van der Waals surface area contributed by atoms with Gasteiger partial charge in [-0.2, -0.15) is 0 Å². The fourth-order valence-corrected chi connectivity index (χ4v) is 2.73. The van der Waals surface area contributed by atoms with Crippen molar-refractivity contribution >= 4 is 11.6 Å². The van der Waals surface area contributed by atoms with E-state index in [0.717, 1.165) is 19.0 Å². The molecular weight excluding hydrogens is 234 g/mol. The minimum atomic E-state index is 0.580. The zero-order chi connectivity index (χ0) is 12.3. The molecule has 1 fully saturated rings. The average Bonchev–Trinajstić information content (AvgIpc) is 2.63. The highest BCUT2D eigenvalue weighted by Gasteiger charge is 2.20. The van der Waals surface area contributed by atoms with Crippen LogP contribution in [0.1, 0.15) is 12.0 Å². The summed E-state index contributed by atoms with van der Waals surface area (Å²) >= 11 is 5.88. The summed E-state index contributed by atoms with van der Waals surface area (Å²) in [7, 11) is 4.37. The number of nitrogens with zero attached hydrogens (tertiary/aromatic N) is 3. The van der Waals surface area contributed by atoms with Gasteiger partial charge in [-0.1, -0.05) is 11.6 Å². The second-order valence-electron chi connectivity index (χ2n) is 5.10. The Balaban J connectivity index is 1.83. The molecule has 0 N–H and O–H groups in total. The SMILES string of the molecule is CN1CCC(CN(C)Cc2ccnc(Cl)c2)C1. The van der Waals surface area contributed by atoms with Gasteiger partial charge in [-0.05, 0) is 50.7 Å². The van der Waals surface area contributed by atoms with Crippen molar-refractivity contribution in [3.8, 4) is 0 Å². The molecular formula is C13H20ClN3. The quantitative estimate of drug-likeness (QED) is 0.767. The lowest BCUT2D eigenvalue weighted by Crippen LogP contribution is -2.27. The molecule has 1 aliphatic heterocycles. The summed E-state index contributed by atoms with van der Waals surface area (Å²) in [5, 5.41) is 0.580. The van der Waals surface area contributed by atoms with E-state index < -0.39 is 0 Å². The highest BCUT2D eigenvalue weighted by molar-refractivity contribution is 6.29. The smallest absolute Gasteiger partial charge is 0.129 e. The predicted octanol–water partition coefficient (Wildman–Crippen LogP) is 2.12. The summed E-state index contributed by atoms with van der Waals surface area (Å²) in [5.41, 5.74) is 1.24. The zero-order valence-electron chi connectivity index (χ0n) is 10.6. The number of aromatic nitrogens is 1. The van der Waals surface area contributed by atoms with E-state index in [-0.39, 0.29) is 0 Å². The Morgan fingerprint density at radius 3 is 3.06 bits per heavy atom. The van der Waals surface area contributed by atoms with Gasteiger partial charge >= 0.3 is 0 Å². The molecule has 1 aliphatic rings. The monoisotopic (exact) mass is 253 g/mol. The van der Waals surface area contributed by atoms with Gasteiger partial charge in [0.15, 0.2) is 0 Å². The van der Waals surface area contributed by atoms with E-state index in [4.69, 9.17) is 11.6 Å². The molecule has 94 valence electrons. The van der Waals surface area contributed by atoms with Gasteiger partial charge in [-0.3, -0.25) is 0 Å². The second-order valence-corrected chi connectivity index (χ2v) is 5.49. The third kappa shape index (κ3) is 3.95. The van der Waals surface area contributed by atoms with E-state index >= 15 is 0 Å². The summed E-state index contributed by atoms with van der Waals surface area (Å²) in [4.78, 5) is 8.78. The number of likely N-dealkylation sites (tertiary alicyclic amines) is 1. The van der Waals surface area contributed by atoms with E-state index in [1.807, 2.05) is 12.1 Å². The Bertz CT molecular complexity index is 369. The van der Waals surface area contributed by atoms with Crippen LogP contribution in [0.25, 0.3) is 0 Å². The van der Waals surface area contributed by atoms with Crippen molar-refractivity contribution in [1.82, 2.24) is 14.8 Å². The van der Waals surface area contributed by atoms with Crippen LogP contribution in [0.2, 0.25) is 5.15 Å². The van der Waals surface area contributed by atoms with Gasteiger partial charge in [0.05, 0.1) is 0 Å². The lowest BCUT2D eigenvalue weighted by molar-refractivity contribution is 0.267. The summed E-state index contributed by atoms with van der Waals surface area (Å²) < 4.78 is 0. The molecule has 0 saturated carbocycles. The summed E-state index contributed by atoms with van der Waals surface area (Å²) in [6.45, 7) is 4.56. The Hall–Kier alpha value is -0.640. The molecule has 0 amide bonds. The molecule has 1 aromatic rings. The maximum absolute atomic E-state index is 5.88. The number of hydrogen-bond donors (Lipinski definition) is 0. The molecule has 3 nitrogen and oxygen atoms in total. The second kappa shape index (κ2) is 5.80. The first-order valence-corrected chi connectivity index (χ1v) is 6.49. The molecule has 1 unspecified atom stereocenters. The highest BCUT2D eigenvalue weighted by Crippen LogP contribution is 2.16. The Morgan fingerprint density at radius 1 is 1.59 bits per heavy atom. The van der Waals surface area contributed by atoms with Crippen molar-refractivity contribution in [3.05, 3.63) is 29.0 Å². The third-order valence-electron chi connectivity index (χ3n) is 3.30. The van der Waals surface area contributed by atoms with Crippen LogP contribution >= 0.6 is 11.6 Å². The van der Waals surface area contributed by atoms with Crippen molar-refractivity contribution in [1.29, 1.82) is 0 Å². The van der Waals surface area contributed by atoms with Crippen LogP contribution < -0.4 is 0 Å².